The number of halogens is 1. The van der Waals surface area contributed by atoms with Gasteiger partial charge >= 0.3 is 0 Å². The Balaban J connectivity index is 1.45. The molecule has 1 aromatic carbocycles. The van der Waals surface area contributed by atoms with E-state index in [0.29, 0.717) is 17.3 Å². The molecule has 0 saturated carbocycles. The summed E-state index contributed by atoms with van der Waals surface area (Å²) < 4.78 is 15.4. The fourth-order valence-corrected chi connectivity index (χ4v) is 4.91. The summed E-state index contributed by atoms with van der Waals surface area (Å²) in [5, 5.41) is 6.81. The first-order chi connectivity index (χ1) is 17.5. The van der Waals surface area contributed by atoms with Crippen molar-refractivity contribution in [1.82, 2.24) is 24.8 Å². The van der Waals surface area contributed by atoms with Gasteiger partial charge in [-0.25, -0.2) is 4.39 Å². The zero-order valence-electron chi connectivity index (χ0n) is 19.6. The third-order valence-corrected chi connectivity index (χ3v) is 6.57. The van der Waals surface area contributed by atoms with Gasteiger partial charge in [0.1, 0.15) is 5.82 Å². The minimum Gasteiger partial charge on any atom is -0.352 e. The van der Waals surface area contributed by atoms with Gasteiger partial charge in [0.05, 0.1) is 29.7 Å². The fraction of sp³-hybridized carbons (Fsp3) is 0.185. The summed E-state index contributed by atoms with van der Waals surface area (Å²) in [6.07, 6.45) is 5.54. The van der Waals surface area contributed by atoms with E-state index in [1.54, 1.807) is 24.5 Å². The van der Waals surface area contributed by atoms with Gasteiger partial charge in [-0.3, -0.25) is 14.8 Å². The van der Waals surface area contributed by atoms with Crippen LogP contribution in [0.3, 0.4) is 0 Å². The van der Waals surface area contributed by atoms with Crippen LogP contribution < -0.4 is 10.6 Å². The van der Waals surface area contributed by atoms with Crippen LogP contribution in [0.1, 0.15) is 35.6 Å². The summed E-state index contributed by atoms with van der Waals surface area (Å²) in [4.78, 5) is 23.7. The number of aromatic nitrogens is 3. The molecule has 2 N–H and O–H groups in total. The van der Waals surface area contributed by atoms with E-state index >= 15 is 0 Å². The highest BCUT2D eigenvalue weighted by atomic mass is 32.1. The van der Waals surface area contributed by atoms with E-state index in [1.165, 1.54) is 12.1 Å². The summed E-state index contributed by atoms with van der Waals surface area (Å²) >= 11 is 5.75. The molecule has 7 nitrogen and oxygen atoms in total. The van der Waals surface area contributed by atoms with Crippen LogP contribution in [0.4, 0.5) is 10.1 Å². The lowest BCUT2D eigenvalue weighted by atomic mass is 10.0. The van der Waals surface area contributed by atoms with Crippen LogP contribution in [0, 0.1) is 12.7 Å². The number of nitrogens with zero attached hydrogens (tertiary/aromatic N) is 4. The van der Waals surface area contributed by atoms with Gasteiger partial charge in [-0.15, -0.1) is 0 Å². The molecule has 4 aromatic rings. The number of carbonyl (C=O) groups excluding carboxylic acids is 1. The molecule has 4 heterocycles. The lowest BCUT2D eigenvalue weighted by Gasteiger charge is -2.29. The number of thiocarbonyl (C=S) groups is 1. The molecule has 3 aromatic heterocycles. The largest absolute Gasteiger partial charge is 0.352 e. The van der Waals surface area contributed by atoms with Crippen LogP contribution >= 0.6 is 12.2 Å². The Bertz CT molecular complexity index is 1360. The second-order valence-electron chi connectivity index (χ2n) is 8.57. The van der Waals surface area contributed by atoms with Crippen molar-refractivity contribution in [2.45, 2.75) is 25.4 Å². The number of pyridine rings is 2. The van der Waals surface area contributed by atoms with E-state index in [0.717, 1.165) is 22.8 Å². The molecule has 36 heavy (non-hydrogen) atoms. The van der Waals surface area contributed by atoms with Crippen LogP contribution in [0.5, 0.6) is 0 Å². The molecule has 0 aliphatic carbocycles. The first-order valence-electron chi connectivity index (χ1n) is 11.6. The average Bonchev–Trinajstić information content (AvgIpc) is 3.44. The van der Waals surface area contributed by atoms with Gasteiger partial charge in [-0.2, -0.15) is 0 Å². The molecule has 0 spiro atoms. The fourth-order valence-electron chi connectivity index (χ4n) is 4.57. The third kappa shape index (κ3) is 4.83. The van der Waals surface area contributed by atoms with Gasteiger partial charge in [0.25, 0.3) is 0 Å². The summed E-state index contributed by atoms with van der Waals surface area (Å²) in [5.74, 6) is -0.528. The van der Waals surface area contributed by atoms with Gasteiger partial charge in [0.15, 0.2) is 5.11 Å². The SMILES string of the molecule is Cc1ccc(C2C(c3ccccn3)NC(=S)N2CCC(=O)Nc2ccc(F)cc2)n1-c1cccnc1. The van der Waals surface area contributed by atoms with Crippen LogP contribution in [0.15, 0.2) is 85.3 Å². The second-order valence-corrected chi connectivity index (χ2v) is 8.96. The number of anilines is 1. The minimum absolute atomic E-state index is 0.178. The lowest BCUT2D eigenvalue weighted by molar-refractivity contribution is -0.116. The standard InChI is InChI=1S/C27H25FN6OS/c1-18-7-12-23(34(18)21-5-4-14-29-17-21)26-25(22-6-2-3-15-30-22)32-27(36)33(26)16-13-24(35)31-20-10-8-19(28)9-11-20/h2-12,14-15,17,25-26H,13,16H2,1H3,(H,31,35)(H,32,36). The van der Waals surface area contributed by atoms with Gasteiger partial charge in [0, 0.05) is 42.4 Å². The molecule has 2 atom stereocenters. The Kier molecular flexibility index (Phi) is 6.73. The van der Waals surface area contributed by atoms with E-state index in [2.05, 4.69) is 37.3 Å². The van der Waals surface area contributed by atoms with Gasteiger partial charge in [0.2, 0.25) is 5.91 Å². The quantitative estimate of drug-likeness (QED) is 0.358. The number of benzene rings is 1. The minimum atomic E-state index is -0.350. The van der Waals surface area contributed by atoms with Crippen molar-refractivity contribution >= 4 is 28.9 Å². The highest BCUT2D eigenvalue weighted by Crippen LogP contribution is 2.40. The monoisotopic (exact) mass is 500 g/mol. The van der Waals surface area contributed by atoms with Gasteiger partial charge in [-0.1, -0.05) is 6.07 Å². The van der Waals surface area contributed by atoms with Crippen molar-refractivity contribution in [2.24, 2.45) is 0 Å². The molecular weight excluding hydrogens is 475 g/mol. The van der Waals surface area contributed by atoms with Crippen LogP contribution in [-0.4, -0.2) is 37.0 Å². The molecule has 0 bridgehead atoms. The molecule has 1 saturated heterocycles. The maximum Gasteiger partial charge on any atom is 0.226 e. The molecule has 9 heteroatoms. The topological polar surface area (TPSA) is 75.1 Å². The Labute approximate surface area is 214 Å². The van der Waals surface area contributed by atoms with Crippen molar-refractivity contribution in [3.05, 3.63) is 108 Å². The number of rotatable bonds is 7. The Morgan fingerprint density at radius 2 is 1.92 bits per heavy atom. The van der Waals surface area contributed by atoms with Crippen molar-refractivity contribution in [1.29, 1.82) is 0 Å². The van der Waals surface area contributed by atoms with Crippen LogP contribution in [0.2, 0.25) is 0 Å². The summed E-state index contributed by atoms with van der Waals surface area (Å²) in [6.45, 7) is 2.44. The Morgan fingerprint density at radius 1 is 1.08 bits per heavy atom. The van der Waals surface area contributed by atoms with Crippen molar-refractivity contribution < 1.29 is 9.18 Å². The summed E-state index contributed by atoms with van der Waals surface area (Å²) in [5.41, 5.74) is 4.43. The van der Waals surface area contributed by atoms with E-state index < -0.39 is 0 Å². The average molecular weight is 501 g/mol. The number of aryl methyl sites for hydroxylation is 1. The van der Waals surface area contributed by atoms with Gasteiger partial charge in [-0.05, 0) is 79.8 Å². The molecule has 182 valence electrons. The molecule has 5 rings (SSSR count). The number of amides is 1. The van der Waals surface area contributed by atoms with Crippen molar-refractivity contribution in [3.8, 4) is 5.69 Å². The number of nitrogens with one attached hydrogen (secondary N) is 2. The van der Waals surface area contributed by atoms with Crippen molar-refractivity contribution in [3.63, 3.8) is 0 Å². The van der Waals surface area contributed by atoms with E-state index in [1.807, 2.05) is 48.4 Å². The smallest absolute Gasteiger partial charge is 0.226 e. The first-order valence-corrected chi connectivity index (χ1v) is 12.0. The highest BCUT2D eigenvalue weighted by molar-refractivity contribution is 7.80. The number of carbonyl (C=O) groups is 1. The second kappa shape index (κ2) is 10.2. The Morgan fingerprint density at radius 3 is 2.64 bits per heavy atom. The van der Waals surface area contributed by atoms with E-state index in [4.69, 9.17) is 12.2 Å². The van der Waals surface area contributed by atoms with E-state index in [-0.39, 0.29) is 30.2 Å². The van der Waals surface area contributed by atoms with Crippen LogP contribution in [-0.2, 0) is 4.79 Å². The molecule has 1 aliphatic rings. The van der Waals surface area contributed by atoms with Crippen molar-refractivity contribution in [2.75, 3.05) is 11.9 Å². The molecule has 1 amide bonds. The summed E-state index contributed by atoms with van der Waals surface area (Å²) in [7, 11) is 0. The first kappa shape index (κ1) is 23.6. The van der Waals surface area contributed by atoms with E-state index in [9.17, 15) is 9.18 Å². The van der Waals surface area contributed by atoms with Crippen LogP contribution in [0.25, 0.3) is 5.69 Å². The molecule has 0 radical (unpaired) electrons. The normalized spacial score (nSPS) is 17.2. The zero-order chi connectivity index (χ0) is 25.1. The Hall–Kier alpha value is -4.11. The molecule has 1 fully saturated rings. The molecular formula is C27H25FN6OS. The maximum atomic E-state index is 13.2. The highest BCUT2D eigenvalue weighted by Gasteiger charge is 2.41. The lowest BCUT2D eigenvalue weighted by Crippen LogP contribution is -2.33. The third-order valence-electron chi connectivity index (χ3n) is 6.22. The predicted molar refractivity (Wildman–Crippen MR) is 140 cm³/mol. The number of hydrogen-bond donors (Lipinski definition) is 2. The predicted octanol–water partition coefficient (Wildman–Crippen LogP) is 4.72. The summed E-state index contributed by atoms with van der Waals surface area (Å²) in [6, 6.07) is 19.2. The zero-order valence-corrected chi connectivity index (χ0v) is 20.5. The molecule has 2 unspecified atom stereocenters. The number of hydrogen-bond acceptors (Lipinski definition) is 4. The maximum absolute atomic E-state index is 13.2. The van der Waals surface area contributed by atoms with Gasteiger partial charge < -0.3 is 20.1 Å². The molecule has 1 aliphatic heterocycles.